The fraction of sp³-hybridized carbons (Fsp3) is 0.500. The molecule has 1 aromatic carbocycles. The van der Waals surface area contributed by atoms with E-state index in [9.17, 15) is 4.79 Å². The van der Waals surface area contributed by atoms with Crippen LogP contribution in [0.2, 0.25) is 0 Å². The van der Waals surface area contributed by atoms with Crippen LogP contribution in [0, 0.1) is 0 Å². The second kappa shape index (κ2) is 7.71. The van der Waals surface area contributed by atoms with Gasteiger partial charge in [-0.05, 0) is 24.1 Å². The van der Waals surface area contributed by atoms with Crippen LogP contribution in [0.3, 0.4) is 0 Å². The first-order valence-corrected chi connectivity index (χ1v) is 6.12. The van der Waals surface area contributed by atoms with Gasteiger partial charge in [-0.2, -0.15) is 0 Å². The highest BCUT2D eigenvalue weighted by Gasteiger charge is 2.09. The van der Waals surface area contributed by atoms with Gasteiger partial charge in [0.05, 0.1) is 7.11 Å². The molecule has 0 aromatic heterocycles. The third kappa shape index (κ3) is 4.75. The van der Waals surface area contributed by atoms with Gasteiger partial charge in [-0.3, -0.25) is 4.79 Å². The molecule has 0 saturated heterocycles. The summed E-state index contributed by atoms with van der Waals surface area (Å²) in [6.07, 6.45) is 0.926. The number of methoxy groups -OCH3 is 1. The van der Waals surface area contributed by atoms with Crippen molar-refractivity contribution in [2.24, 2.45) is 0 Å². The lowest BCUT2D eigenvalue weighted by molar-refractivity contribution is -0.135. The van der Waals surface area contributed by atoms with E-state index in [0.29, 0.717) is 13.2 Å². The van der Waals surface area contributed by atoms with E-state index in [4.69, 9.17) is 9.47 Å². The van der Waals surface area contributed by atoms with Crippen molar-refractivity contribution in [3.05, 3.63) is 29.8 Å². The smallest absolute Gasteiger partial charge is 0.248 e. The molecule has 4 nitrogen and oxygen atoms in total. The van der Waals surface area contributed by atoms with Gasteiger partial charge >= 0.3 is 0 Å². The molecule has 18 heavy (non-hydrogen) atoms. The highest BCUT2D eigenvalue weighted by atomic mass is 16.5. The van der Waals surface area contributed by atoms with Gasteiger partial charge in [0.1, 0.15) is 12.4 Å². The molecule has 0 atom stereocenters. The number of benzene rings is 1. The Morgan fingerprint density at radius 3 is 2.50 bits per heavy atom. The molecule has 0 spiro atoms. The number of likely N-dealkylation sites (N-methyl/N-ethyl adjacent to an activating group) is 1. The third-order valence-corrected chi connectivity index (χ3v) is 2.58. The summed E-state index contributed by atoms with van der Waals surface area (Å²) in [5, 5.41) is 0. The number of hydrogen-bond acceptors (Lipinski definition) is 3. The average Bonchev–Trinajstić information content (AvgIpc) is 2.39. The number of nitrogens with zero attached hydrogens (tertiary/aromatic N) is 1. The molecule has 1 amide bonds. The van der Waals surface area contributed by atoms with E-state index in [1.165, 1.54) is 0 Å². The molecular formula is C14H21NO3. The third-order valence-electron chi connectivity index (χ3n) is 2.58. The van der Waals surface area contributed by atoms with Crippen molar-refractivity contribution in [1.29, 1.82) is 0 Å². The summed E-state index contributed by atoms with van der Waals surface area (Å²) in [6.45, 7) is 3.38. The molecule has 0 heterocycles. The molecule has 1 rings (SSSR count). The van der Waals surface area contributed by atoms with Crippen LogP contribution < -0.4 is 4.74 Å². The lowest BCUT2D eigenvalue weighted by Crippen LogP contribution is -2.29. The zero-order valence-electron chi connectivity index (χ0n) is 11.3. The molecule has 0 aliphatic rings. The van der Waals surface area contributed by atoms with Crippen LogP contribution in [0.15, 0.2) is 24.3 Å². The predicted molar refractivity (Wildman–Crippen MR) is 70.6 cm³/mol. The van der Waals surface area contributed by atoms with Crippen molar-refractivity contribution in [2.45, 2.75) is 19.9 Å². The molecule has 0 aliphatic heterocycles. The van der Waals surface area contributed by atoms with E-state index in [1.807, 2.05) is 31.2 Å². The van der Waals surface area contributed by atoms with E-state index >= 15 is 0 Å². The number of carbonyl (C=O) groups is 1. The van der Waals surface area contributed by atoms with Crippen LogP contribution in [0.5, 0.6) is 5.75 Å². The summed E-state index contributed by atoms with van der Waals surface area (Å²) in [4.78, 5) is 13.4. The zero-order chi connectivity index (χ0) is 13.4. The molecule has 1 aromatic rings. The number of amides is 1. The van der Waals surface area contributed by atoms with Crippen molar-refractivity contribution in [1.82, 2.24) is 4.90 Å². The molecule has 0 aliphatic carbocycles. The van der Waals surface area contributed by atoms with Crippen molar-refractivity contribution in [3.8, 4) is 5.75 Å². The van der Waals surface area contributed by atoms with E-state index in [1.54, 1.807) is 19.1 Å². The van der Waals surface area contributed by atoms with Crippen LogP contribution in [-0.4, -0.2) is 38.2 Å². The topological polar surface area (TPSA) is 38.8 Å². The Balaban J connectivity index is 2.42. The molecule has 0 N–H and O–H groups in total. The Morgan fingerprint density at radius 2 is 1.94 bits per heavy atom. The second-order valence-electron chi connectivity index (χ2n) is 4.15. The van der Waals surface area contributed by atoms with Crippen LogP contribution in [0.4, 0.5) is 0 Å². The van der Waals surface area contributed by atoms with E-state index in [-0.39, 0.29) is 12.5 Å². The first-order valence-electron chi connectivity index (χ1n) is 6.12. The zero-order valence-corrected chi connectivity index (χ0v) is 11.3. The highest BCUT2D eigenvalue weighted by molar-refractivity contribution is 5.77. The molecule has 0 saturated carbocycles. The van der Waals surface area contributed by atoms with Crippen LogP contribution in [0.25, 0.3) is 0 Å². The number of ether oxygens (including phenoxy) is 2. The lowest BCUT2D eigenvalue weighted by atomic mass is 10.2. The normalized spacial score (nSPS) is 10.2. The Hall–Kier alpha value is -1.55. The van der Waals surface area contributed by atoms with Crippen LogP contribution in [0.1, 0.15) is 18.9 Å². The maximum absolute atomic E-state index is 11.7. The molecule has 0 unspecified atom stereocenters. The minimum Gasteiger partial charge on any atom is -0.497 e. The highest BCUT2D eigenvalue weighted by Crippen LogP contribution is 2.12. The van der Waals surface area contributed by atoms with Gasteiger partial charge in [0, 0.05) is 20.2 Å². The van der Waals surface area contributed by atoms with Crippen molar-refractivity contribution in [2.75, 3.05) is 27.4 Å². The first-order chi connectivity index (χ1) is 8.67. The van der Waals surface area contributed by atoms with Gasteiger partial charge in [-0.15, -0.1) is 0 Å². The summed E-state index contributed by atoms with van der Waals surface area (Å²) in [5.41, 5.74) is 1.07. The van der Waals surface area contributed by atoms with Gasteiger partial charge in [0.25, 0.3) is 0 Å². The fourth-order valence-corrected chi connectivity index (χ4v) is 1.51. The molecule has 0 bridgehead atoms. The Bertz CT molecular complexity index is 362. The minimum absolute atomic E-state index is 0.000678. The SMILES string of the molecule is CCCOCC(=O)N(C)Cc1ccc(OC)cc1. The lowest BCUT2D eigenvalue weighted by Gasteiger charge is -2.17. The number of hydrogen-bond donors (Lipinski definition) is 0. The Morgan fingerprint density at radius 1 is 1.28 bits per heavy atom. The van der Waals surface area contributed by atoms with E-state index in [2.05, 4.69) is 0 Å². The summed E-state index contributed by atoms with van der Waals surface area (Å²) >= 11 is 0. The standard InChI is InChI=1S/C14H21NO3/c1-4-9-18-11-14(16)15(2)10-12-5-7-13(17-3)8-6-12/h5-8H,4,9-11H2,1-3H3. The number of rotatable bonds is 7. The second-order valence-corrected chi connectivity index (χ2v) is 4.15. The van der Waals surface area contributed by atoms with Gasteiger partial charge in [0.2, 0.25) is 5.91 Å². The molecule has 100 valence electrons. The Kier molecular flexibility index (Phi) is 6.22. The molecule has 0 fully saturated rings. The quantitative estimate of drug-likeness (QED) is 0.696. The predicted octanol–water partition coefficient (Wildman–Crippen LogP) is 2.08. The summed E-state index contributed by atoms with van der Waals surface area (Å²) in [7, 11) is 3.41. The van der Waals surface area contributed by atoms with Gasteiger partial charge in [0.15, 0.2) is 0 Å². The van der Waals surface area contributed by atoms with Gasteiger partial charge in [-0.25, -0.2) is 0 Å². The first kappa shape index (κ1) is 14.5. The summed E-state index contributed by atoms with van der Waals surface area (Å²) in [6, 6.07) is 7.69. The summed E-state index contributed by atoms with van der Waals surface area (Å²) < 4.78 is 10.3. The van der Waals surface area contributed by atoms with Crippen molar-refractivity contribution in [3.63, 3.8) is 0 Å². The van der Waals surface area contributed by atoms with Gasteiger partial charge < -0.3 is 14.4 Å². The number of carbonyl (C=O) groups excluding carboxylic acids is 1. The molecular weight excluding hydrogens is 230 g/mol. The summed E-state index contributed by atoms with van der Waals surface area (Å²) in [5.74, 6) is 0.818. The largest absolute Gasteiger partial charge is 0.497 e. The van der Waals surface area contributed by atoms with Crippen molar-refractivity contribution >= 4 is 5.91 Å². The molecule has 0 radical (unpaired) electrons. The monoisotopic (exact) mass is 251 g/mol. The average molecular weight is 251 g/mol. The van der Waals surface area contributed by atoms with Crippen molar-refractivity contribution < 1.29 is 14.3 Å². The van der Waals surface area contributed by atoms with Crippen LogP contribution in [-0.2, 0) is 16.1 Å². The maximum Gasteiger partial charge on any atom is 0.248 e. The Labute approximate surface area is 108 Å². The van der Waals surface area contributed by atoms with Gasteiger partial charge in [-0.1, -0.05) is 19.1 Å². The maximum atomic E-state index is 11.7. The van der Waals surface area contributed by atoms with E-state index in [0.717, 1.165) is 17.7 Å². The fourth-order valence-electron chi connectivity index (χ4n) is 1.51. The van der Waals surface area contributed by atoms with Crippen LogP contribution >= 0.6 is 0 Å². The minimum atomic E-state index is -0.000678. The molecule has 4 heteroatoms. The van der Waals surface area contributed by atoms with E-state index < -0.39 is 0 Å².